The van der Waals surface area contributed by atoms with Crippen LogP contribution in [0.4, 0.5) is 4.39 Å². The Hall–Kier alpha value is -3.58. The van der Waals surface area contributed by atoms with Gasteiger partial charge in [0.1, 0.15) is 17.3 Å². The quantitative estimate of drug-likeness (QED) is 0.559. The number of aromatic carboxylic acids is 1. The van der Waals surface area contributed by atoms with Gasteiger partial charge in [-0.2, -0.15) is 0 Å². The molecule has 0 aromatic heterocycles. The summed E-state index contributed by atoms with van der Waals surface area (Å²) in [6.07, 6.45) is 0. The van der Waals surface area contributed by atoms with Crippen molar-refractivity contribution in [3.05, 3.63) is 94.8 Å². The third-order valence-corrected chi connectivity index (χ3v) is 4.36. The fraction of sp³-hybridized carbons (Fsp3) is 0.160. The lowest BCUT2D eigenvalue weighted by molar-refractivity contribution is 0.0692. The van der Waals surface area contributed by atoms with Crippen molar-refractivity contribution in [2.24, 2.45) is 0 Å². The van der Waals surface area contributed by atoms with E-state index in [-0.39, 0.29) is 11.0 Å². The van der Waals surface area contributed by atoms with E-state index >= 15 is 0 Å². The van der Waals surface area contributed by atoms with Crippen molar-refractivity contribution >= 4 is 5.97 Å². The summed E-state index contributed by atoms with van der Waals surface area (Å²) in [5, 5.41) is 8.96. The molecule has 3 rings (SSSR count). The largest absolute Gasteiger partial charge is 0.478 e. The lowest BCUT2D eigenvalue weighted by atomic mass is 9.86. The summed E-state index contributed by atoms with van der Waals surface area (Å²) in [6.45, 7) is 6.33. The fourth-order valence-corrected chi connectivity index (χ4v) is 2.70. The van der Waals surface area contributed by atoms with Gasteiger partial charge in [0.15, 0.2) is 0 Å². The third-order valence-electron chi connectivity index (χ3n) is 4.36. The van der Waals surface area contributed by atoms with Crippen LogP contribution in [0.2, 0.25) is 0 Å². The van der Waals surface area contributed by atoms with Crippen LogP contribution in [-0.4, -0.2) is 11.1 Å². The molecule has 3 nitrogen and oxygen atoms in total. The maximum absolute atomic E-state index is 13.9. The number of carboxylic acids is 1. The normalized spacial score (nSPS) is 10.8. The van der Waals surface area contributed by atoms with Crippen LogP contribution in [0.5, 0.6) is 11.5 Å². The second-order valence-electron chi connectivity index (χ2n) is 7.63. The molecule has 0 amide bonds. The molecule has 0 fully saturated rings. The van der Waals surface area contributed by atoms with Crippen molar-refractivity contribution in [2.45, 2.75) is 26.2 Å². The summed E-state index contributed by atoms with van der Waals surface area (Å²) in [5.41, 5.74) is 1.70. The zero-order valence-corrected chi connectivity index (χ0v) is 16.5. The van der Waals surface area contributed by atoms with Gasteiger partial charge in [0, 0.05) is 5.56 Å². The summed E-state index contributed by atoms with van der Waals surface area (Å²) >= 11 is 0. The molecule has 3 aromatic carbocycles. The van der Waals surface area contributed by atoms with Gasteiger partial charge in [-0.15, -0.1) is 0 Å². The minimum absolute atomic E-state index is 0.0725. The number of rotatable bonds is 3. The average molecular weight is 388 g/mol. The minimum atomic E-state index is -1.31. The van der Waals surface area contributed by atoms with Gasteiger partial charge in [-0.25, -0.2) is 9.18 Å². The van der Waals surface area contributed by atoms with E-state index in [1.165, 1.54) is 12.1 Å². The second kappa shape index (κ2) is 8.20. The van der Waals surface area contributed by atoms with Crippen LogP contribution in [-0.2, 0) is 5.41 Å². The number of carboxylic acid groups (broad SMARTS) is 1. The van der Waals surface area contributed by atoms with Gasteiger partial charge in [0.2, 0.25) is 0 Å². The topological polar surface area (TPSA) is 46.5 Å². The molecule has 0 unspecified atom stereocenters. The molecule has 0 aliphatic carbocycles. The maximum atomic E-state index is 13.9. The molecule has 0 aliphatic heterocycles. The Labute approximate surface area is 169 Å². The smallest absolute Gasteiger partial charge is 0.338 e. The zero-order chi connectivity index (χ0) is 21.0. The molecule has 0 saturated heterocycles. The summed E-state index contributed by atoms with van der Waals surface area (Å²) in [5.74, 6) is 5.13. The zero-order valence-electron chi connectivity index (χ0n) is 16.5. The van der Waals surface area contributed by atoms with Gasteiger partial charge in [0.25, 0.3) is 0 Å². The summed E-state index contributed by atoms with van der Waals surface area (Å²) in [6, 6.07) is 19.1. The molecule has 0 bridgehead atoms. The highest BCUT2D eigenvalue weighted by atomic mass is 19.1. The van der Waals surface area contributed by atoms with Crippen LogP contribution in [0.1, 0.15) is 47.8 Å². The highest BCUT2D eigenvalue weighted by Crippen LogP contribution is 2.30. The maximum Gasteiger partial charge on any atom is 0.338 e. The van der Waals surface area contributed by atoms with Crippen molar-refractivity contribution < 1.29 is 19.0 Å². The first-order valence-corrected chi connectivity index (χ1v) is 9.16. The van der Waals surface area contributed by atoms with Gasteiger partial charge in [0.05, 0.1) is 11.1 Å². The molecule has 3 aromatic rings. The lowest BCUT2D eigenvalue weighted by Gasteiger charge is -2.20. The van der Waals surface area contributed by atoms with Gasteiger partial charge >= 0.3 is 5.97 Å². The lowest BCUT2D eigenvalue weighted by Crippen LogP contribution is -2.11. The molecule has 4 heteroatoms. The average Bonchev–Trinajstić information content (AvgIpc) is 2.67. The number of ether oxygens (including phenoxy) is 1. The summed E-state index contributed by atoms with van der Waals surface area (Å²) in [4.78, 5) is 11.0. The van der Waals surface area contributed by atoms with E-state index in [1.54, 1.807) is 0 Å². The number of para-hydroxylation sites is 1. The van der Waals surface area contributed by atoms with E-state index in [9.17, 15) is 9.18 Å². The Kier molecular flexibility index (Phi) is 5.70. The predicted molar refractivity (Wildman–Crippen MR) is 111 cm³/mol. The van der Waals surface area contributed by atoms with Gasteiger partial charge < -0.3 is 9.84 Å². The van der Waals surface area contributed by atoms with Crippen molar-refractivity contribution in [1.82, 2.24) is 0 Å². The predicted octanol–water partition coefficient (Wildman–Crippen LogP) is 6.01. The van der Waals surface area contributed by atoms with Crippen LogP contribution in [0.25, 0.3) is 0 Å². The van der Waals surface area contributed by atoms with E-state index in [0.29, 0.717) is 22.6 Å². The number of carbonyl (C=O) groups is 1. The number of halogens is 1. The Bertz CT molecular complexity index is 1100. The third kappa shape index (κ3) is 5.03. The monoisotopic (exact) mass is 388 g/mol. The fourth-order valence-electron chi connectivity index (χ4n) is 2.70. The first-order valence-electron chi connectivity index (χ1n) is 9.16. The Balaban J connectivity index is 2.01. The molecule has 0 atom stereocenters. The van der Waals surface area contributed by atoms with E-state index < -0.39 is 11.8 Å². The molecular formula is C25H21FO3. The van der Waals surface area contributed by atoms with Crippen LogP contribution in [0, 0.1) is 17.7 Å². The summed E-state index contributed by atoms with van der Waals surface area (Å²) < 4.78 is 19.9. The van der Waals surface area contributed by atoms with Crippen LogP contribution >= 0.6 is 0 Å². The standard InChI is InChI=1S/C25H21FO3/c1-25(2,3)19-12-14-23(29-20-7-5-4-6-8-20)18(16-19)11-9-17-10-13-21(24(27)28)22(26)15-17/h4-8,10,12-16H,1-3H3,(H,27,28). The van der Waals surface area contributed by atoms with Crippen molar-refractivity contribution in [1.29, 1.82) is 0 Å². The van der Waals surface area contributed by atoms with E-state index in [2.05, 4.69) is 32.6 Å². The second-order valence-corrected chi connectivity index (χ2v) is 7.63. The van der Waals surface area contributed by atoms with E-state index in [1.807, 2.05) is 48.5 Å². The molecular weight excluding hydrogens is 367 g/mol. The van der Waals surface area contributed by atoms with Crippen LogP contribution < -0.4 is 4.74 Å². The molecule has 0 spiro atoms. The molecule has 1 N–H and O–H groups in total. The minimum Gasteiger partial charge on any atom is -0.478 e. The van der Waals surface area contributed by atoms with Gasteiger partial charge in [-0.1, -0.05) is 56.9 Å². The number of benzene rings is 3. The Morgan fingerprint density at radius 1 is 0.966 bits per heavy atom. The van der Waals surface area contributed by atoms with Gasteiger partial charge in [-0.05, 0) is 53.4 Å². The van der Waals surface area contributed by atoms with E-state index in [0.717, 1.165) is 11.6 Å². The molecule has 0 heterocycles. The Morgan fingerprint density at radius 3 is 2.31 bits per heavy atom. The van der Waals surface area contributed by atoms with E-state index in [4.69, 9.17) is 9.84 Å². The van der Waals surface area contributed by atoms with Gasteiger partial charge in [-0.3, -0.25) is 0 Å². The molecule has 0 saturated carbocycles. The van der Waals surface area contributed by atoms with Crippen LogP contribution in [0.3, 0.4) is 0 Å². The highest BCUT2D eigenvalue weighted by Gasteiger charge is 2.16. The SMILES string of the molecule is CC(C)(C)c1ccc(Oc2ccccc2)c(C#Cc2ccc(C(=O)O)c(F)c2)c1. The first kappa shape index (κ1) is 20.2. The Morgan fingerprint density at radius 2 is 1.69 bits per heavy atom. The molecule has 0 radical (unpaired) electrons. The highest BCUT2D eigenvalue weighted by molar-refractivity contribution is 5.88. The molecule has 29 heavy (non-hydrogen) atoms. The molecule has 146 valence electrons. The first-order chi connectivity index (χ1) is 13.7. The number of hydrogen-bond donors (Lipinski definition) is 1. The summed E-state index contributed by atoms with van der Waals surface area (Å²) in [7, 11) is 0. The van der Waals surface area contributed by atoms with Crippen LogP contribution in [0.15, 0.2) is 66.7 Å². The van der Waals surface area contributed by atoms with Crippen molar-refractivity contribution in [3.8, 4) is 23.3 Å². The van der Waals surface area contributed by atoms with Crippen molar-refractivity contribution in [3.63, 3.8) is 0 Å². The van der Waals surface area contributed by atoms with Crippen molar-refractivity contribution in [2.75, 3.05) is 0 Å². The molecule has 0 aliphatic rings. The number of hydrogen-bond acceptors (Lipinski definition) is 2.